The minimum atomic E-state index is -0.441. The summed E-state index contributed by atoms with van der Waals surface area (Å²) in [5.74, 6) is -0.862. The molecular formula is C31H42O4. The Kier molecular flexibility index (Phi) is 11.9. The van der Waals surface area contributed by atoms with Gasteiger partial charge in [-0.15, -0.1) is 0 Å². The van der Waals surface area contributed by atoms with Crippen LogP contribution in [0.5, 0.6) is 5.75 Å². The van der Waals surface area contributed by atoms with Gasteiger partial charge in [0, 0.05) is 5.56 Å². The molecule has 1 fully saturated rings. The summed E-state index contributed by atoms with van der Waals surface area (Å²) in [6.07, 6.45) is 14.3. The number of carbonyl (C=O) groups excluding carboxylic acids is 2. The van der Waals surface area contributed by atoms with Gasteiger partial charge in [-0.25, -0.2) is 0 Å². The highest BCUT2D eigenvalue weighted by Gasteiger charge is 2.38. The Morgan fingerprint density at radius 2 is 1.29 bits per heavy atom. The lowest BCUT2D eigenvalue weighted by molar-refractivity contribution is -0.158. The average Bonchev–Trinajstić information content (AvgIpc) is 2.90. The summed E-state index contributed by atoms with van der Waals surface area (Å²) in [4.78, 5) is 26.0. The van der Waals surface area contributed by atoms with Crippen molar-refractivity contribution in [2.45, 2.75) is 90.4 Å². The van der Waals surface area contributed by atoms with Crippen LogP contribution in [0, 0.1) is 11.8 Å². The van der Waals surface area contributed by atoms with Crippen LogP contribution < -0.4 is 4.74 Å². The molecule has 0 heterocycles. The highest BCUT2D eigenvalue weighted by molar-refractivity contribution is 5.85. The lowest BCUT2D eigenvalue weighted by atomic mass is 9.79. The third kappa shape index (κ3) is 8.83. The van der Waals surface area contributed by atoms with Gasteiger partial charge in [0.15, 0.2) is 0 Å². The van der Waals surface area contributed by atoms with E-state index >= 15 is 0 Å². The van der Waals surface area contributed by atoms with Gasteiger partial charge in [-0.05, 0) is 30.9 Å². The molecule has 2 unspecified atom stereocenters. The van der Waals surface area contributed by atoms with Gasteiger partial charge in [-0.1, -0.05) is 120 Å². The van der Waals surface area contributed by atoms with E-state index in [-0.39, 0.29) is 11.9 Å². The number of esters is 2. The van der Waals surface area contributed by atoms with Crippen molar-refractivity contribution in [3.8, 4) is 16.9 Å². The zero-order valence-corrected chi connectivity index (χ0v) is 21.4. The highest BCUT2D eigenvalue weighted by Crippen LogP contribution is 2.35. The molecule has 0 N–H and O–H groups in total. The molecule has 2 aromatic rings. The van der Waals surface area contributed by atoms with E-state index in [2.05, 4.69) is 6.92 Å². The normalized spacial score (nSPS) is 17.6. The second kappa shape index (κ2) is 15.4. The number of para-hydroxylation sites is 1. The first kappa shape index (κ1) is 27.0. The van der Waals surface area contributed by atoms with E-state index in [1.807, 2.05) is 54.6 Å². The maximum absolute atomic E-state index is 13.2. The van der Waals surface area contributed by atoms with E-state index in [1.54, 1.807) is 0 Å². The van der Waals surface area contributed by atoms with Gasteiger partial charge in [-0.2, -0.15) is 0 Å². The predicted molar refractivity (Wildman–Crippen MR) is 141 cm³/mol. The molecule has 2 aromatic carbocycles. The largest absolute Gasteiger partial charge is 0.465 e. The van der Waals surface area contributed by atoms with Gasteiger partial charge < -0.3 is 9.47 Å². The molecule has 190 valence electrons. The maximum atomic E-state index is 13.2. The summed E-state index contributed by atoms with van der Waals surface area (Å²) < 4.78 is 11.5. The topological polar surface area (TPSA) is 52.6 Å². The summed E-state index contributed by atoms with van der Waals surface area (Å²) in [6.45, 7) is 2.69. The van der Waals surface area contributed by atoms with Crippen LogP contribution in [0.2, 0.25) is 0 Å². The van der Waals surface area contributed by atoms with E-state index < -0.39 is 11.8 Å². The standard InChI is InChI=1S/C31H42O4/c1-2-3-4-5-6-7-8-9-17-24-34-30(32)27-21-13-14-22-28(27)31(33)35-29-23-16-15-20-26(29)25-18-11-10-12-19-25/h10-12,15-16,18-20,23,27-28H,2-9,13-14,17,21-22,24H2,1H3. The van der Waals surface area contributed by atoms with Crippen LogP contribution >= 0.6 is 0 Å². The molecule has 0 aliphatic heterocycles. The summed E-state index contributed by atoms with van der Waals surface area (Å²) in [7, 11) is 0. The molecule has 1 saturated carbocycles. The third-order valence-corrected chi connectivity index (χ3v) is 7.05. The smallest absolute Gasteiger partial charge is 0.315 e. The third-order valence-electron chi connectivity index (χ3n) is 7.05. The van der Waals surface area contributed by atoms with Crippen molar-refractivity contribution in [2.24, 2.45) is 11.8 Å². The zero-order valence-electron chi connectivity index (χ0n) is 21.4. The van der Waals surface area contributed by atoms with Crippen LogP contribution in [-0.2, 0) is 14.3 Å². The van der Waals surface area contributed by atoms with Crippen molar-refractivity contribution in [3.63, 3.8) is 0 Å². The van der Waals surface area contributed by atoms with Gasteiger partial charge in [0.1, 0.15) is 5.75 Å². The number of hydrogen-bond acceptors (Lipinski definition) is 4. The van der Waals surface area contributed by atoms with E-state index in [4.69, 9.17) is 9.47 Å². The highest BCUT2D eigenvalue weighted by atomic mass is 16.5. The Morgan fingerprint density at radius 3 is 1.97 bits per heavy atom. The van der Waals surface area contributed by atoms with Crippen molar-refractivity contribution < 1.29 is 19.1 Å². The number of ether oxygens (including phenoxy) is 2. The molecule has 0 amide bonds. The Hall–Kier alpha value is -2.62. The summed E-state index contributed by atoms with van der Waals surface area (Å²) in [5.41, 5.74) is 1.87. The molecule has 0 bridgehead atoms. The SMILES string of the molecule is CCCCCCCCCCCOC(=O)C1CCCCC1C(=O)Oc1ccccc1-c1ccccc1. The second-order valence-electron chi connectivity index (χ2n) is 9.78. The number of hydrogen-bond donors (Lipinski definition) is 0. The van der Waals surface area contributed by atoms with Crippen LogP contribution in [0.3, 0.4) is 0 Å². The molecular weight excluding hydrogens is 436 g/mol. The number of unbranched alkanes of at least 4 members (excludes halogenated alkanes) is 8. The fourth-order valence-corrected chi connectivity index (χ4v) is 4.98. The second-order valence-corrected chi connectivity index (χ2v) is 9.78. The number of carbonyl (C=O) groups is 2. The molecule has 2 atom stereocenters. The van der Waals surface area contributed by atoms with Crippen molar-refractivity contribution in [1.82, 2.24) is 0 Å². The molecule has 0 saturated heterocycles. The maximum Gasteiger partial charge on any atom is 0.315 e. The monoisotopic (exact) mass is 478 g/mol. The molecule has 3 rings (SSSR count). The van der Waals surface area contributed by atoms with Gasteiger partial charge in [-0.3, -0.25) is 9.59 Å². The van der Waals surface area contributed by atoms with Crippen molar-refractivity contribution in [2.75, 3.05) is 6.61 Å². The molecule has 1 aliphatic carbocycles. The number of rotatable bonds is 14. The van der Waals surface area contributed by atoms with Crippen LogP contribution in [-0.4, -0.2) is 18.5 Å². The molecule has 1 aliphatic rings. The van der Waals surface area contributed by atoms with Gasteiger partial charge >= 0.3 is 11.9 Å². The molecule has 0 radical (unpaired) electrons. The van der Waals surface area contributed by atoms with Gasteiger partial charge in [0.05, 0.1) is 18.4 Å². The summed E-state index contributed by atoms with van der Waals surface area (Å²) >= 11 is 0. The van der Waals surface area contributed by atoms with E-state index in [0.29, 0.717) is 25.2 Å². The predicted octanol–water partition coefficient (Wildman–Crippen LogP) is 8.14. The Bertz CT molecular complexity index is 892. The lowest BCUT2D eigenvalue weighted by Gasteiger charge is -2.28. The summed E-state index contributed by atoms with van der Waals surface area (Å²) in [5, 5.41) is 0. The van der Waals surface area contributed by atoms with Crippen molar-refractivity contribution in [3.05, 3.63) is 54.6 Å². The minimum Gasteiger partial charge on any atom is -0.465 e. The van der Waals surface area contributed by atoms with Crippen molar-refractivity contribution in [1.29, 1.82) is 0 Å². The first-order chi connectivity index (χ1) is 17.2. The zero-order chi connectivity index (χ0) is 24.7. The van der Waals surface area contributed by atoms with E-state index in [9.17, 15) is 9.59 Å². The first-order valence-corrected chi connectivity index (χ1v) is 13.7. The molecule has 4 nitrogen and oxygen atoms in total. The van der Waals surface area contributed by atoms with E-state index in [1.165, 1.54) is 44.9 Å². The Labute approximate surface area is 211 Å². The molecule has 35 heavy (non-hydrogen) atoms. The Balaban J connectivity index is 1.46. The van der Waals surface area contributed by atoms with Crippen molar-refractivity contribution >= 4 is 11.9 Å². The lowest BCUT2D eigenvalue weighted by Crippen LogP contribution is -2.36. The Morgan fingerprint density at radius 1 is 0.714 bits per heavy atom. The van der Waals surface area contributed by atoms with Crippen LogP contribution in [0.15, 0.2) is 54.6 Å². The molecule has 0 spiro atoms. The van der Waals surface area contributed by atoms with E-state index in [0.717, 1.165) is 36.8 Å². The van der Waals surface area contributed by atoms with Crippen LogP contribution in [0.4, 0.5) is 0 Å². The summed E-state index contributed by atoms with van der Waals surface area (Å²) in [6, 6.07) is 17.5. The van der Waals surface area contributed by atoms with Crippen LogP contribution in [0.1, 0.15) is 90.4 Å². The fourth-order valence-electron chi connectivity index (χ4n) is 4.98. The van der Waals surface area contributed by atoms with Gasteiger partial charge in [0.25, 0.3) is 0 Å². The van der Waals surface area contributed by atoms with Crippen LogP contribution in [0.25, 0.3) is 11.1 Å². The molecule has 0 aromatic heterocycles. The minimum absolute atomic E-state index is 0.234. The first-order valence-electron chi connectivity index (χ1n) is 13.7. The van der Waals surface area contributed by atoms with Gasteiger partial charge in [0.2, 0.25) is 0 Å². The molecule has 4 heteroatoms. The quantitative estimate of drug-likeness (QED) is 0.156. The fraction of sp³-hybridized carbons (Fsp3) is 0.548. The number of benzene rings is 2. The average molecular weight is 479 g/mol.